The second kappa shape index (κ2) is 10.7. The Bertz CT molecular complexity index is 1300. The van der Waals surface area contributed by atoms with Crippen LogP contribution in [-0.4, -0.2) is 88.4 Å². The number of nitrogens with zero attached hydrogens (tertiary/aromatic N) is 4. The van der Waals surface area contributed by atoms with Gasteiger partial charge in [-0.2, -0.15) is 0 Å². The van der Waals surface area contributed by atoms with E-state index in [-0.39, 0.29) is 17.8 Å². The number of hydrogen-bond donors (Lipinski definition) is 0. The maximum atomic E-state index is 13.0. The van der Waals surface area contributed by atoms with Crippen LogP contribution in [0.3, 0.4) is 0 Å². The fourth-order valence-electron chi connectivity index (χ4n) is 4.76. The number of rotatable bonds is 5. The van der Waals surface area contributed by atoms with Gasteiger partial charge in [0.1, 0.15) is 5.60 Å². The number of hydrogen-bond acceptors (Lipinski definition) is 7. The van der Waals surface area contributed by atoms with E-state index in [4.69, 9.17) is 4.74 Å². The molecule has 3 heterocycles. The molecule has 5 rings (SSSR count). The summed E-state index contributed by atoms with van der Waals surface area (Å²) >= 11 is 1.37. The first-order valence-corrected chi connectivity index (χ1v) is 13.7. The highest BCUT2D eigenvalue weighted by Crippen LogP contribution is 2.25. The standard InChI is InChI=1S/C29H32N4O4S/c1-29(2,3)37-28(36)23-6-4-5-22(17-23)20-7-9-21(10-8-20)26(34)33-18-24(19-33)31-12-14-32(15-13-31)27(35)25-30-11-16-38-25/h4-11,16-17,24H,12-15,18-19H2,1-3H3. The molecule has 0 radical (unpaired) electrons. The third-order valence-electron chi connectivity index (χ3n) is 6.84. The van der Waals surface area contributed by atoms with Crippen LogP contribution in [0.1, 0.15) is 51.3 Å². The van der Waals surface area contributed by atoms with Gasteiger partial charge in [-0.3, -0.25) is 14.5 Å². The summed E-state index contributed by atoms with van der Waals surface area (Å²) in [5.41, 5.74) is 2.41. The molecule has 198 valence electrons. The summed E-state index contributed by atoms with van der Waals surface area (Å²) in [5, 5.41) is 2.36. The van der Waals surface area contributed by atoms with Gasteiger partial charge in [-0.1, -0.05) is 24.3 Å². The Hall–Kier alpha value is -3.56. The molecule has 2 saturated heterocycles. The summed E-state index contributed by atoms with van der Waals surface area (Å²) in [5.74, 6) is -0.330. The molecule has 38 heavy (non-hydrogen) atoms. The number of carbonyl (C=O) groups excluding carboxylic acids is 3. The molecular formula is C29H32N4O4S. The van der Waals surface area contributed by atoms with Gasteiger partial charge < -0.3 is 14.5 Å². The zero-order valence-corrected chi connectivity index (χ0v) is 22.7. The minimum absolute atomic E-state index is 0.00470. The molecule has 0 unspecified atom stereocenters. The molecule has 1 aromatic heterocycles. The molecule has 9 heteroatoms. The van der Waals surface area contributed by atoms with Crippen LogP contribution in [0, 0.1) is 0 Å². The van der Waals surface area contributed by atoms with Gasteiger partial charge in [0.25, 0.3) is 11.8 Å². The molecule has 2 amide bonds. The summed E-state index contributed by atoms with van der Waals surface area (Å²) in [6.45, 7) is 9.90. The van der Waals surface area contributed by atoms with Crippen molar-refractivity contribution in [3.05, 3.63) is 76.2 Å². The smallest absolute Gasteiger partial charge is 0.338 e. The minimum Gasteiger partial charge on any atom is -0.456 e. The average molecular weight is 533 g/mol. The molecule has 2 aliphatic rings. The minimum atomic E-state index is -0.555. The van der Waals surface area contributed by atoms with Gasteiger partial charge in [0.15, 0.2) is 5.01 Å². The van der Waals surface area contributed by atoms with Gasteiger partial charge in [0, 0.05) is 62.5 Å². The number of benzene rings is 2. The molecule has 2 fully saturated rings. The second-order valence-electron chi connectivity index (χ2n) is 10.7. The van der Waals surface area contributed by atoms with Gasteiger partial charge in [-0.05, 0) is 56.2 Å². The van der Waals surface area contributed by atoms with Gasteiger partial charge >= 0.3 is 5.97 Å². The number of amides is 2. The van der Waals surface area contributed by atoms with E-state index in [9.17, 15) is 14.4 Å². The van der Waals surface area contributed by atoms with E-state index in [1.165, 1.54) is 11.3 Å². The van der Waals surface area contributed by atoms with Crippen LogP contribution in [0.5, 0.6) is 0 Å². The molecular weight excluding hydrogens is 500 g/mol. The van der Waals surface area contributed by atoms with Crippen molar-refractivity contribution < 1.29 is 19.1 Å². The summed E-state index contributed by atoms with van der Waals surface area (Å²) in [7, 11) is 0. The van der Waals surface area contributed by atoms with Crippen LogP contribution in [0.2, 0.25) is 0 Å². The third kappa shape index (κ3) is 5.79. The summed E-state index contributed by atoms with van der Waals surface area (Å²) < 4.78 is 5.48. The highest BCUT2D eigenvalue weighted by molar-refractivity contribution is 7.11. The molecule has 0 N–H and O–H groups in total. The lowest BCUT2D eigenvalue weighted by atomic mass is 10.00. The molecule has 0 aliphatic carbocycles. The first kappa shape index (κ1) is 26.1. The van der Waals surface area contributed by atoms with Crippen LogP contribution in [-0.2, 0) is 4.74 Å². The maximum absolute atomic E-state index is 13.0. The Morgan fingerprint density at radius 3 is 2.21 bits per heavy atom. The first-order valence-electron chi connectivity index (χ1n) is 12.8. The van der Waals surface area contributed by atoms with E-state index >= 15 is 0 Å². The normalized spacial score (nSPS) is 16.7. The fraction of sp³-hybridized carbons (Fsp3) is 0.379. The predicted molar refractivity (Wildman–Crippen MR) is 146 cm³/mol. The lowest BCUT2D eigenvalue weighted by Gasteiger charge is -2.48. The Labute approximate surface area is 226 Å². The largest absolute Gasteiger partial charge is 0.456 e. The van der Waals surface area contributed by atoms with Crippen molar-refractivity contribution in [1.29, 1.82) is 0 Å². The van der Waals surface area contributed by atoms with Gasteiger partial charge in [0.2, 0.25) is 0 Å². The zero-order valence-electron chi connectivity index (χ0n) is 21.9. The van der Waals surface area contributed by atoms with Crippen LogP contribution < -0.4 is 0 Å². The summed E-state index contributed by atoms with van der Waals surface area (Å²) in [4.78, 5) is 48.2. The van der Waals surface area contributed by atoms with E-state index in [1.807, 2.05) is 78.4 Å². The molecule has 3 aromatic rings. The number of piperazine rings is 1. The summed E-state index contributed by atoms with van der Waals surface area (Å²) in [6.07, 6.45) is 1.66. The second-order valence-corrected chi connectivity index (χ2v) is 11.6. The number of thiazole rings is 1. The Morgan fingerprint density at radius 2 is 1.58 bits per heavy atom. The number of likely N-dealkylation sites (tertiary alicyclic amines) is 1. The van der Waals surface area contributed by atoms with Crippen molar-refractivity contribution in [2.45, 2.75) is 32.4 Å². The van der Waals surface area contributed by atoms with Crippen LogP contribution >= 0.6 is 11.3 Å². The number of esters is 1. The van der Waals surface area contributed by atoms with Gasteiger partial charge in [-0.25, -0.2) is 9.78 Å². The SMILES string of the molecule is CC(C)(C)OC(=O)c1cccc(-c2ccc(C(=O)N3CC(N4CCN(C(=O)c5nccs5)CC4)C3)cc2)c1. The zero-order chi connectivity index (χ0) is 26.9. The first-order chi connectivity index (χ1) is 18.2. The maximum Gasteiger partial charge on any atom is 0.338 e. The molecule has 2 aliphatic heterocycles. The monoisotopic (exact) mass is 532 g/mol. The van der Waals surface area contributed by atoms with E-state index in [2.05, 4.69) is 9.88 Å². The van der Waals surface area contributed by atoms with E-state index in [1.54, 1.807) is 12.3 Å². The molecule has 2 aromatic carbocycles. The lowest BCUT2D eigenvalue weighted by molar-refractivity contribution is 0.00664. The van der Waals surface area contributed by atoms with Crippen molar-refractivity contribution in [1.82, 2.24) is 19.7 Å². The molecule has 0 bridgehead atoms. The fourth-order valence-corrected chi connectivity index (χ4v) is 5.36. The topological polar surface area (TPSA) is 83.1 Å². The molecule has 0 spiro atoms. The average Bonchev–Trinajstić information content (AvgIpc) is 3.42. The van der Waals surface area contributed by atoms with E-state index < -0.39 is 5.60 Å². The van der Waals surface area contributed by atoms with Crippen LogP contribution in [0.25, 0.3) is 11.1 Å². The highest BCUT2D eigenvalue weighted by Gasteiger charge is 2.37. The number of carbonyl (C=O) groups is 3. The third-order valence-corrected chi connectivity index (χ3v) is 7.61. The molecule has 8 nitrogen and oxygen atoms in total. The van der Waals surface area contributed by atoms with Crippen molar-refractivity contribution in [3.8, 4) is 11.1 Å². The Morgan fingerprint density at radius 1 is 0.868 bits per heavy atom. The quantitative estimate of drug-likeness (QED) is 0.461. The van der Waals surface area contributed by atoms with Gasteiger partial charge in [0.05, 0.1) is 5.56 Å². The number of aromatic nitrogens is 1. The van der Waals surface area contributed by atoms with Crippen molar-refractivity contribution >= 4 is 29.1 Å². The highest BCUT2D eigenvalue weighted by atomic mass is 32.1. The number of ether oxygens (including phenoxy) is 1. The molecule has 0 saturated carbocycles. The van der Waals surface area contributed by atoms with Crippen molar-refractivity contribution in [2.24, 2.45) is 0 Å². The van der Waals surface area contributed by atoms with Crippen LogP contribution in [0.15, 0.2) is 60.1 Å². The summed E-state index contributed by atoms with van der Waals surface area (Å²) in [6, 6.07) is 15.2. The lowest BCUT2D eigenvalue weighted by Crippen LogP contribution is -2.64. The Balaban J connectivity index is 1.13. The van der Waals surface area contributed by atoms with Crippen molar-refractivity contribution in [3.63, 3.8) is 0 Å². The predicted octanol–water partition coefficient (Wildman–Crippen LogP) is 4.05. The van der Waals surface area contributed by atoms with E-state index in [0.29, 0.717) is 48.4 Å². The Kier molecular flexibility index (Phi) is 7.32. The van der Waals surface area contributed by atoms with Gasteiger partial charge in [-0.15, -0.1) is 11.3 Å². The van der Waals surface area contributed by atoms with E-state index in [0.717, 1.165) is 24.2 Å². The van der Waals surface area contributed by atoms with Crippen LogP contribution in [0.4, 0.5) is 0 Å². The molecule has 0 atom stereocenters. The van der Waals surface area contributed by atoms with Crippen molar-refractivity contribution in [2.75, 3.05) is 39.3 Å².